The molecule has 0 radical (unpaired) electrons. The fraction of sp³-hybridized carbons (Fsp3) is 0.467. The first-order valence-corrected chi connectivity index (χ1v) is 14.0. The molecule has 1 aromatic carbocycles. The summed E-state index contributed by atoms with van der Waals surface area (Å²) < 4.78 is 5.08. The number of hydrogen-bond donors (Lipinski definition) is 1. The van der Waals surface area contributed by atoms with E-state index in [1.165, 1.54) is 25.9 Å². The second-order valence-electron chi connectivity index (χ2n) is 9.80. The van der Waals surface area contributed by atoms with Gasteiger partial charge in [0.1, 0.15) is 5.84 Å². The Morgan fingerprint density at radius 2 is 2.03 bits per heavy atom. The number of nitrogens with zero attached hydrogens (tertiary/aromatic N) is 5. The van der Waals surface area contributed by atoms with Crippen LogP contribution in [0.2, 0.25) is 5.02 Å². The van der Waals surface area contributed by atoms with Gasteiger partial charge in [-0.2, -0.15) is 4.98 Å². The van der Waals surface area contributed by atoms with Crippen molar-refractivity contribution in [3.63, 3.8) is 0 Å². The summed E-state index contributed by atoms with van der Waals surface area (Å²) in [6.45, 7) is 17.5. The molecule has 1 unspecified atom stereocenters. The van der Waals surface area contributed by atoms with Crippen molar-refractivity contribution in [3.05, 3.63) is 65.6 Å². The summed E-state index contributed by atoms with van der Waals surface area (Å²) in [6.07, 6.45) is 7.44. The van der Waals surface area contributed by atoms with Crippen molar-refractivity contribution < 1.29 is 9.32 Å². The molecule has 1 atom stereocenters. The maximum atomic E-state index is 13.6. The normalized spacial score (nSPS) is 19.7. The number of amides is 1. The van der Waals surface area contributed by atoms with Crippen LogP contribution < -0.4 is 5.32 Å². The monoisotopic (exact) mass is 552 g/mol. The number of amidine groups is 1. The molecule has 0 spiro atoms. The van der Waals surface area contributed by atoms with Crippen LogP contribution in [0.25, 0.3) is 17.0 Å². The minimum Gasteiger partial charge on any atom is -0.339 e. The summed E-state index contributed by atoms with van der Waals surface area (Å²) >= 11 is 6.66. The summed E-state index contributed by atoms with van der Waals surface area (Å²) in [4.78, 5) is 26.9. The van der Waals surface area contributed by atoms with Crippen molar-refractivity contribution in [2.24, 2.45) is 10.9 Å². The van der Waals surface area contributed by atoms with E-state index >= 15 is 0 Å². The quantitative estimate of drug-likeness (QED) is 0.419. The molecule has 4 rings (SSSR count). The average Bonchev–Trinajstić information content (AvgIpc) is 3.38. The number of benzene rings is 1. The number of carbonyl (C=O) groups is 1. The Morgan fingerprint density at radius 1 is 1.31 bits per heavy atom. The smallest absolute Gasteiger partial charge is 0.260 e. The van der Waals surface area contributed by atoms with Gasteiger partial charge in [-0.3, -0.25) is 15.0 Å². The maximum absolute atomic E-state index is 13.6. The second kappa shape index (κ2) is 14.4. The molecule has 2 aromatic rings. The van der Waals surface area contributed by atoms with E-state index in [2.05, 4.69) is 40.6 Å². The van der Waals surface area contributed by atoms with Crippen LogP contribution in [0.1, 0.15) is 51.5 Å². The first-order valence-electron chi connectivity index (χ1n) is 13.6. The molecule has 0 saturated carbocycles. The lowest BCUT2D eigenvalue weighted by molar-refractivity contribution is -0.121. The van der Waals surface area contributed by atoms with Crippen molar-refractivity contribution in [1.82, 2.24) is 25.3 Å². The summed E-state index contributed by atoms with van der Waals surface area (Å²) in [5, 5.41) is 7.95. The van der Waals surface area contributed by atoms with Gasteiger partial charge in [0, 0.05) is 40.8 Å². The average molecular weight is 553 g/mol. The molecule has 1 fully saturated rings. The molecule has 0 bridgehead atoms. The number of halogens is 1. The van der Waals surface area contributed by atoms with Crippen molar-refractivity contribution in [1.29, 1.82) is 0 Å². The molecule has 1 aromatic heterocycles. The van der Waals surface area contributed by atoms with Gasteiger partial charge in [-0.1, -0.05) is 35.0 Å². The van der Waals surface area contributed by atoms with E-state index < -0.39 is 0 Å². The van der Waals surface area contributed by atoms with Gasteiger partial charge in [-0.05, 0) is 84.8 Å². The summed E-state index contributed by atoms with van der Waals surface area (Å²) in [5.74, 6) is 2.28. The standard InChI is InChI=1S/C28H37ClN6O2.C2H4/c1-6-21-16-24(23-9-8-22(17-25(23)29)26-32-19(4)37-33-26)28(36)35(7-2)27(21)31-18(3)30-13-10-20-11-14-34(5)15-12-20;1-2/h6,8-9,16-18,20,30H,7,10-15H2,1-5H3;1-2H2/b21-6-,31-27+;. The number of allylic oxidation sites excluding steroid dienone is 1. The van der Waals surface area contributed by atoms with Gasteiger partial charge in [0.15, 0.2) is 0 Å². The van der Waals surface area contributed by atoms with E-state index in [0.717, 1.165) is 30.0 Å². The number of aromatic nitrogens is 2. The van der Waals surface area contributed by atoms with Crippen LogP contribution in [0.15, 0.2) is 58.6 Å². The fourth-order valence-corrected chi connectivity index (χ4v) is 5.17. The van der Waals surface area contributed by atoms with Crippen LogP contribution in [0, 0.1) is 12.8 Å². The molecule has 2 aliphatic rings. The first-order chi connectivity index (χ1) is 18.8. The number of likely N-dealkylation sites (N-methyl/N-ethyl adjacent to an activating group) is 1. The molecule has 0 aliphatic carbocycles. The van der Waals surface area contributed by atoms with Gasteiger partial charge < -0.3 is 9.42 Å². The summed E-state index contributed by atoms with van der Waals surface area (Å²) in [7, 11) is 2.19. The number of aryl methyl sites for hydroxylation is 1. The Bertz CT molecular complexity index is 1230. The number of hydrogen-bond acceptors (Lipinski definition) is 7. The summed E-state index contributed by atoms with van der Waals surface area (Å²) in [5.41, 5.74) is 2.83. The van der Waals surface area contributed by atoms with Crippen LogP contribution in [-0.4, -0.2) is 71.1 Å². The topological polar surface area (TPSA) is 86.9 Å². The van der Waals surface area contributed by atoms with Gasteiger partial charge in [0.25, 0.3) is 5.91 Å². The molecule has 1 N–H and O–H groups in total. The maximum Gasteiger partial charge on any atom is 0.260 e. The summed E-state index contributed by atoms with van der Waals surface area (Å²) in [6, 6.07) is 5.45. The first kappa shape index (κ1) is 30.5. The zero-order valence-electron chi connectivity index (χ0n) is 23.8. The third-order valence-electron chi connectivity index (χ3n) is 7.11. The number of piperidine rings is 1. The van der Waals surface area contributed by atoms with Crippen LogP contribution in [0.5, 0.6) is 0 Å². The molecular weight excluding hydrogens is 512 g/mol. The molecule has 1 saturated heterocycles. The predicted octanol–water partition coefficient (Wildman–Crippen LogP) is 5.76. The third-order valence-corrected chi connectivity index (χ3v) is 7.42. The number of likely N-dealkylation sites (tertiary alicyclic amines) is 1. The zero-order chi connectivity index (χ0) is 28.5. The van der Waals surface area contributed by atoms with Crippen molar-refractivity contribution in [3.8, 4) is 11.4 Å². The van der Waals surface area contributed by atoms with E-state index in [4.69, 9.17) is 21.1 Å². The Kier molecular flexibility index (Phi) is 11.2. The van der Waals surface area contributed by atoms with E-state index in [9.17, 15) is 4.79 Å². The lowest BCUT2D eigenvalue weighted by Crippen LogP contribution is -2.42. The predicted molar refractivity (Wildman–Crippen MR) is 160 cm³/mol. The lowest BCUT2D eigenvalue weighted by Gasteiger charge is -2.31. The van der Waals surface area contributed by atoms with Crippen molar-refractivity contribution in [2.75, 3.05) is 33.2 Å². The molecule has 210 valence electrons. The van der Waals surface area contributed by atoms with Gasteiger partial charge in [0.2, 0.25) is 11.7 Å². The second-order valence-corrected chi connectivity index (χ2v) is 10.2. The van der Waals surface area contributed by atoms with Crippen molar-refractivity contribution in [2.45, 2.75) is 53.1 Å². The molecule has 1 amide bonds. The van der Waals surface area contributed by atoms with Crippen LogP contribution in [0.3, 0.4) is 0 Å². The van der Waals surface area contributed by atoms with Gasteiger partial charge in [-0.15, -0.1) is 13.2 Å². The van der Waals surface area contributed by atoms with Gasteiger partial charge in [0.05, 0.1) is 6.17 Å². The highest BCUT2D eigenvalue weighted by atomic mass is 35.5. The fourth-order valence-electron chi connectivity index (χ4n) is 4.89. The Balaban J connectivity index is 0.00000205. The van der Waals surface area contributed by atoms with E-state index in [0.29, 0.717) is 40.3 Å². The minimum absolute atomic E-state index is 0.102. The van der Waals surface area contributed by atoms with Crippen molar-refractivity contribution >= 4 is 28.9 Å². The largest absolute Gasteiger partial charge is 0.339 e. The molecule has 39 heavy (non-hydrogen) atoms. The van der Waals surface area contributed by atoms with E-state index in [1.54, 1.807) is 17.9 Å². The number of carbonyl (C=O) groups excluding carboxylic acids is 1. The highest BCUT2D eigenvalue weighted by Crippen LogP contribution is 2.33. The van der Waals surface area contributed by atoms with Crippen LogP contribution in [-0.2, 0) is 4.79 Å². The third kappa shape index (κ3) is 7.53. The van der Waals surface area contributed by atoms with Gasteiger partial charge in [-0.25, -0.2) is 4.99 Å². The van der Waals surface area contributed by atoms with Crippen LogP contribution in [0.4, 0.5) is 0 Å². The highest BCUT2D eigenvalue weighted by Gasteiger charge is 2.31. The Labute approximate surface area is 237 Å². The zero-order valence-corrected chi connectivity index (χ0v) is 24.6. The minimum atomic E-state index is -0.115. The molecular formula is C30H41ClN6O2. The Hall–Kier alpha value is -3.07. The van der Waals surface area contributed by atoms with E-state index in [-0.39, 0.29) is 12.1 Å². The van der Waals surface area contributed by atoms with Crippen LogP contribution >= 0.6 is 11.6 Å². The van der Waals surface area contributed by atoms with Gasteiger partial charge >= 0.3 is 0 Å². The number of nitrogens with one attached hydrogen (secondary N) is 1. The van der Waals surface area contributed by atoms with E-state index in [1.807, 2.05) is 45.1 Å². The lowest BCUT2D eigenvalue weighted by atomic mass is 9.94. The molecule has 2 aliphatic heterocycles. The molecule has 3 heterocycles. The molecule has 9 heteroatoms. The SMILES string of the molecule is C/C=C1/C=C(c2ccc(-c3noc(C)n3)cc2Cl)C(=O)N(CC)/C1=N/C(C)NCCC1CCN(C)CC1.C=C. The highest BCUT2D eigenvalue weighted by molar-refractivity contribution is 6.37. The Morgan fingerprint density at radius 3 is 2.62 bits per heavy atom. The number of aliphatic imine (C=N–C) groups is 1. The number of rotatable bonds is 8. The molecule has 8 nitrogen and oxygen atoms in total.